The lowest BCUT2D eigenvalue weighted by Crippen LogP contribution is -2.18. The quantitative estimate of drug-likeness (QED) is 0.588. The molecular weight excluding hydrogens is 236 g/mol. The first kappa shape index (κ1) is 11.9. The van der Waals surface area contributed by atoms with Gasteiger partial charge in [-0.1, -0.05) is 42.5 Å². The number of nitrogens with zero attached hydrogens (tertiary/aromatic N) is 2. The van der Waals surface area contributed by atoms with Crippen LogP contribution in [0.1, 0.15) is 12.8 Å². The molecule has 19 heavy (non-hydrogen) atoms. The molecule has 0 N–H and O–H groups in total. The molecule has 0 spiro atoms. The second kappa shape index (κ2) is 5.22. The van der Waals surface area contributed by atoms with Crippen LogP contribution in [0.3, 0.4) is 0 Å². The van der Waals surface area contributed by atoms with Crippen LogP contribution in [0.2, 0.25) is 0 Å². The Bertz CT molecular complexity index is 547. The topological polar surface area (TPSA) is 32.7 Å². The van der Waals surface area contributed by atoms with Crippen molar-refractivity contribution in [3.05, 3.63) is 59.5 Å². The van der Waals surface area contributed by atoms with E-state index in [1.807, 2.05) is 42.5 Å². The third-order valence-corrected chi connectivity index (χ3v) is 3.50. The lowest BCUT2D eigenvalue weighted by atomic mass is 10.1. The van der Waals surface area contributed by atoms with Gasteiger partial charge in [-0.15, -0.1) is 4.91 Å². The molecule has 0 aliphatic heterocycles. The van der Waals surface area contributed by atoms with Crippen LogP contribution in [0.5, 0.6) is 0 Å². The van der Waals surface area contributed by atoms with Crippen LogP contribution in [-0.2, 0) is 0 Å². The second-order valence-corrected chi connectivity index (χ2v) is 5.02. The predicted molar refractivity (Wildman–Crippen MR) is 77.7 cm³/mol. The molecule has 0 bridgehead atoms. The SMILES string of the molecule is O=NN(CC1CC1)c1ccc(-c2ccccc2)cc1. The summed E-state index contributed by atoms with van der Waals surface area (Å²) in [6.45, 7) is 0.744. The average molecular weight is 252 g/mol. The van der Waals surface area contributed by atoms with Gasteiger partial charge in [-0.25, -0.2) is 5.01 Å². The van der Waals surface area contributed by atoms with Crippen molar-refractivity contribution in [3.63, 3.8) is 0 Å². The molecule has 1 aliphatic rings. The van der Waals surface area contributed by atoms with Crippen molar-refractivity contribution >= 4 is 5.69 Å². The summed E-state index contributed by atoms with van der Waals surface area (Å²) in [6.07, 6.45) is 2.43. The highest BCUT2D eigenvalue weighted by molar-refractivity contribution is 5.66. The first-order chi connectivity index (χ1) is 9.36. The number of benzene rings is 2. The molecule has 3 rings (SSSR count). The van der Waals surface area contributed by atoms with Crippen LogP contribution in [0, 0.1) is 10.8 Å². The molecule has 0 saturated heterocycles. The Morgan fingerprint density at radius 3 is 2.16 bits per heavy atom. The minimum Gasteiger partial charge on any atom is -0.229 e. The largest absolute Gasteiger partial charge is 0.229 e. The van der Waals surface area contributed by atoms with Gasteiger partial charge in [0.05, 0.1) is 11.0 Å². The monoisotopic (exact) mass is 252 g/mol. The zero-order valence-corrected chi connectivity index (χ0v) is 10.7. The summed E-state index contributed by atoms with van der Waals surface area (Å²) in [5, 5.41) is 4.69. The Balaban J connectivity index is 1.79. The maximum absolute atomic E-state index is 10.9. The molecule has 0 unspecified atom stereocenters. The summed E-state index contributed by atoms with van der Waals surface area (Å²) in [7, 11) is 0. The molecule has 1 aliphatic carbocycles. The Morgan fingerprint density at radius 2 is 1.58 bits per heavy atom. The van der Waals surface area contributed by atoms with E-state index in [-0.39, 0.29) is 0 Å². The minimum absolute atomic E-state index is 0.645. The first-order valence-electron chi connectivity index (χ1n) is 6.63. The van der Waals surface area contributed by atoms with Gasteiger partial charge in [-0.3, -0.25) is 0 Å². The van der Waals surface area contributed by atoms with E-state index in [0.29, 0.717) is 5.92 Å². The molecule has 1 fully saturated rings. The molecule has 1 saturated carbocycles. The lowest BCUT2D eigenvalue weighted by molar-refractivity contribution is 0.748. The molecule has 0 atom stereocenters. The van der Waals surface area contributed by atoms with E-state index in [0.717, 1.165) is 17.8 Å². The van der Waals surface area contributed by atoms with Crippen LogP contribution in [0.15, 0.2) is 59.9 Å². The lowest BCUT2D eigenvalue weighted by Gasteiger charge is -2.15. The van der Waals surface area contributed by atoms with E-state index in [1.54, 1.807) is 5.01 Å². The average Bonchev–Trinajstić information content (AvgIpc) is 3.30. The van der Waals surface area contributed by atoms with Crippen molar-refractivity contribution in [2.45, 2.75) is 12.8 Å². The van der Waals surface area contributed by atoms with Crippen molar-refractivity contribution in [1.82, 2.24) is 0 Å². The number of anilines is 1. The van der Waals surface area contributed by atoms with E-state index in [1.165, 1.54) is 18.4 Å². The van der Waals surface area contributed by atoms with Crippen LogP contribution in [0.4, 0.5) is 5.69 Å². The van der Waals surface area contributed by atoms with Crippen LogP contribution >= 0.6 is 0 Å². The van der Waals surface area contributed by atoms with Gasteiger partial charge < -0.3 is 0 Å². The van der Waals surface area contributed by atoms with Gasteiger partial charge >= 0.3 is 0 Å². The van der Waals surface area contributed by atoms with E-state index >= 15 is 0 Å². The van der Waals surface area contributed by atoms with Crippen molar-refractivity contribution in [2.24, 2.45) is 11.2 Å². The summed E-state index contributed by atoms with van der Waals surface area (Å²) in [5.74, 6) is 0.645. The number of hydrogen-bond donors (Lipinski definition) is 0. The third-order valence-electron chi connectivity index (χ3n) is 3.50. The van der Waals surface area contributed by atoms with Gasteiger partial charge in [0.15, 0.2) is 0 Å². The molecule has 2 aromatic rings. The summed E-state index contributed by atoms with van der Waals surface area (Å²) in [6, 6.07) is 18.2. The van der Waals surface area contributed by atoms with Crippen molar-refractivity contribution in [3.8, 4) is 11.1 Å². The van der Waals surface area contributed by atoms with E-state index in [9.17, 15) is 4.91 Å². The second-order valence-electron chi connectivity index (χ2n) is 5.02. The zero-order valence-electron chi connectivity index (χ0n) is 10.7. The summed E-state index contributed by atoms with van der Waals surface area (Å²) in [5.41, 5.74) is 3.21. The Hall–Kier alpha value is -2.16. The van der Waals surface area contributed by atoms with Crippen molar-refractivity contribution in [1.29, 1.82) is 0 Å². The van der Waals surface area contributed by atoms with Gasteiger partial charge in [-0.2, -0.15) is 0 Å². The standard InChI is InChI=1S/C16H16N2O/c19-17-18(12-13-6-7-13)16-10-8-15(9-11-16)14-4-2-1-3-5-14/h1-5,8-11,13H,6-7,12H2. The number of nitroso groups, excluding NO2 is 1. The minimum atomic E-state index is 0.645. The highest BCUT2D eigenvalue weighted by Crippen LogP contribution is 2.32. The number of rotatable bonds is 5. The molecular formula is C16H16N2O. The zero-order chi connectivity index (χ0) is 13.1. The fourth-order valence-electron chi connectivity index (χ4n) is 2.19. The Kier molecular flexibility index (Phi) is 3.27. The molecule has 0 amide bonds. The molecule has 3 heteroatoms. The van der Waals surface area contributed by atoms with E-state index < -0.39 is 0 Å². The summed E-state index contributed by atoms with van der Waals surface area (Å²) < 4.78 is 0. The van der Waals surface area contributed by atoms with Gasteiger partial charge in [0, 0.05) is 6.54 Å². The van der Waals surface area contributed by atoms with E-state index in [2.05, 4.69) is 17.4 Å². The van der Waals surface area contributed by atoms with Crippen LogP contribution in [-0.4, -0.2) is 6.54 Å². The van der Waals surface area contributed by atoms with Crippen LogP contribution in [0.25, 0.3) is 11.1 Å². The van der Waals surface area contributed by atoms with Crippen LogP contribution < -0.4 is 5.01 Å². The highest BCUT2D eigenvalue weighted by atomic mass is 16.3. The molecule has 0 heterocycles. The summed E-state index contributed by atoms with van der Waals surface area (Å²) in [4.78, 5) is 10.9. The van der Waals surface area contributed by atoms with Gasteiger partial charge in [0.25, 0.3) is 0 Å². The number of hydrogen-bond acceptors (Lipinski definition) is 2. The van der Waals surface area contributed by atoms with Gasteiger partial charge in [-0.05, 0) is 42.0 Å². The Labute approximate surface area is 112 Å². The smallest absolute Gasteiger partial charge is 0.0626 e. The molecule has 0 aromatic heterocycles. The molecule has 2 aromatic carbocycles. The maximum atomic E-state index is 10.9. The normalized spacial score (nSPS) is 14.1. The first-order valence-corrected chi connectivity index (χ1v) is 6.63. The Morgan fingerprint density at radius 1 is 0.947 bits per heavy atom. The van der Waals surface area contributed by atoms with Gasteiger partial charge in [0.2, 0.25) is 0 Å². The van der Waals surface area contributed by atoms with Crippen molar-refractivity contribution in [2.75, 3.05) is 11.6 Å². The fourth-order valence-corrected chi connectivity index (χ4v) is 2.19. The van der Waals surface area contributed by atoms with Gasteiger partial charge in [0.1, 0.15) is 0 Å². The molecule has 3 nitrogen and oxygen atoms in total. The molecule has 96 valence electrons. The fraction of sp³-hybridized carbons (Fsp3) is 0.250. The van der Waals surface area contributed by atoms with E-state index in [4.69, 9.17) is 0 Å². The predicted octanol–water partition coefficient (Wildman–Crippen LogP) is 4.25. The van der Waals surface area contributed by atoms with Crippen molar-refractivity contribution < 1.29 is 0 Å². The third kappa shape index (κ3) is 2.81. The summed E-state index contributed by atoms with van der Waals surface area (Å²) >= 11 is 0. The molecule has 0 radical (unpaired) electrons. The maximum Gasteiger partial charge on any atom is 0.0626 e. The highest BCUT2D eigenvalue weighted by Gasteiger charge is 2.25.